The van der Waals surface area contributed by atoms with Gasteiger partial charge < -0.3 is 9.67 Å². The van der Waals surface area contributed by atoms with Crippen LogP contribution < -0.4 is 0 Å². The number of aryl methyl sites for hydroxylation is 1. The molecule has 4 nitrogen and oxygen atoms in total. The van der Waals surface area contributed by atoms with E-state index in [-0.39, 0.29) is 12.3 Å². The maximum atomic E-state index is 13.4. The summed E-state index contributed by atoms with van der Waals surface area (Å²) in [6.07, 6.45) is 0.445. The van der Waals surface area contributed by atoms with Gasteiger partial charge in [-0.25, -0.2) is 13.8 Å². The van der Waals surface area contributed by atoms with Gasteiger partial charge in [-0.15, -0.1) is 0 Å². The Hall–Kier alpha value is -1.98. The maximum Gasteiger partial charge on any atom is 0.303 e. The largest absolute Gasteiger partial charge is 0.481 e. The molecule has 0 aliphatic heterocycles. The smallest absolute Gasteiger partial charge is 0.303 e. The molecule has 0 fully saturated rings. The fraction of sp³-hybridized carbons (Fsp3) is 0.429. The highest BCUT2D eigenvalue weighted by atomic mass is 19.2. The fourth-order valence-corrected chi connectivity index (χ4v) is 2.20. The monoisotopic (exact) mass is 282 g/mol. The maximum absolute atomic E-state index is 13.4. The van der Waals surface area contributed by atoms with Gasteiger partial charge in [-0.05, 0) is 6.42 Å². The second-order valence-electron chi connectivity index (χ2n) is 5.03. The van der Waals surface area contributed by atoms with Gasteiger partial charge in [-0.2, -0.15) is 0 Å². The molecule has 0 atom stereocenters. The molecule has 0 spiro atoms. The van der Waals surface area contributed by atoms with Crippen molar-refractivity contribution < 1.29 is 18.7 Å². The van der Waals surface area contributed by atoms with Gasteiger partial charge in [-0.1, -0.05) is 13.8 Å². The molecule has 0 saturated heterocycles. The van der Waals surface area contributed by atoms with Crippen molar-refractivity contribution in [3.8, 4) is 0 Å². The summed E-state index contributed by atoms with van der Waals surface area (Å²) >= 11 is 0. The Balaban J connectivity index is 2.45. The second kappa shape index (κ2) is 5.56. The van der Waals surface area contributed by atoms with E-state index < -0.39 is 17.6 Å². The Kier molecular flexibility index (Phi) is 4.01. The van der Waals surface area contributed by atoms with Crippen LogP contribution in [-0.2, 0) is 11.3 Å². The number of fused-ring (bicyclic) bond motifs is 1. The van der Waals surface area contributed by atoms with Crippen LogP contribution in [0.3, 0.4) is 0 Å². The van der Waals surface area contributed by atoms with Crippen LogP contribution in [-0.4, -0.2) is 20.6 Å². The first-order valence-corrected chi connectivity index (χ1v) is 6.47. The standard InChI is InChI=1S/C14H16F2N2O2/c1-8(2)14-17-11-6-9(15)10(16)7-12(11)18(14)5-3-4-13(19)20/h6-8H,3-5H2,1-2H3,(H,19,20). The molecule has 0 amide bonds. The Labute approximate surface area is 115 Å². The third-order valence-corrected chi connectivity index (χ3v) is 3.11. The van der Waals surface area contributed by atoms with E-state index in [2.05, 4.69) is 4.98 Å². The van der Waals surface area contributed by atoms with Crippen molar-refractivity contribution in [1.82, 2.24) is 9.55 Å². The third kappa shape index (κ3) is 2.79. The summed E-state index contributed by atoms with van der Waals surface area (Å²) in [6, 6.07) is 2.19. The predicted molar refractivity (Wildman–Crippen MR) is 70.6 cm³/mol. The summed E-state index contributed by atoms with van der Waals surface area (Å²) in [5, 5.41) is 8.68. The first kappa shape index (κ1) is 14.4. The van der Waals surface area contributed by atoms with Crippen LogP contribution in [0.4, 0.5) is 8.78 Å². The summed E-state index contributed by atoms with van der Waals surface area (Å²) in [7, 11) is 0. The van der Waals surface area contributed by atoms with Gasteiger partial charge in [-0.3, -0.25) is 4.79 Å². The Morgan fingerprint density at radius 3 is 2.60 bits per heavy atom. The van der Waals surface area contributed by atoms with Crippen molar-refractivity contribution in [2.24, 2.45) is 0 Å². The van der Waals surface area contributed by atoms with Crippen LogP contribution in [0.2, 0.25) is 0 Å². The number of hydrogen-bond acceptors (Lipinski definition) is 2. The van der Waals surface area contributed by atoms with Gasteiger partial charge >= 0.3 is 5.97 Å². The number of halogens is 2. The lowest BCUT2D eigenvalue weighted by atomic mass is 10.2. The number of hydrogen-bond donors (Lipinski definition) is 1. The lowest BCUT2D eigenvalue weighted by molar-refractivity contribution is -0.137. The Morgan fingerprint density at radius 2 is 2.00 bits per heavy atom. The second-order valence-corrected chi connectivity index (χ2v) is 5.03. The van der Waals surface area contributed by atoms with Gasteiger partial charge in [0.05, 0.1) is 11.0 Å². The first-order valence-electron chi connectivity index (χ1n) is 6.47. The minimum absolute atomic E-state index is 0.0287. The highest BCUT2D eigenvalue weighted by Crippen LogP contribution is 2.24. The van der Waals surface area contributed by atoms with Crippen LogP contribution in [0.1, 0.15) is 38.4 Å². The van der Waals surface area contributed by atoms with Crippen LogP contribution in [0.15, 0.2) is 12.1 Å². The number of rotatable bonds is 5. The van der Waals surface area contributed by atoms with Gasteiger partial charge in [0.25, 0.3) is 0 Å². The van der Waals surface area contributed by atoms with E-state index in [0.29, 0.717) is 29.8 Å². The number of aromatic nitrogens is 2. The number of aliphatic carboxylic acids is 1. The molecule has 0 saturated carbocycles. The summed E-state index contributed by atoms with van der Waals surface area (Å²) in [5.74, 6) is -1.94. The molecule has 108 valence electrons. The molecule has 20 heavy (non-hydrogen) atoms. The quantitative estimate of drug-likeness (QED) is 0.915. The third-order valence-electron chi connectivity index (χ3n) is 3.11. The summed E-state index contributed by atoms with van der Waals surface area (Å²) in [6.45, 7) is 4.28. The summed E-state index contributed by atoms with van der Waals surface area (Å²) in [4.78, 5) is 14.9. The van der Waals surface area contributed by atoms with Crippen molar-refractivity contribution >= 4 is 17.0 Å². The molecular weight excluding hydrogens is 266 g/mol. The van der Waals surface area contributed by atoms with Crippen molar-refractivity contribution in [3.63, 3.8) is 0 Å². The average molecular weight is 282 g/mol. The van der Waals surface area contributed by atoms with Gasteiger partial charge in [0.2, 0.25) is 0 Å². The van der Waals surface area contributed by atoms with E-state index in [1.54, 1.807) is 4.57 Å². The molecule has 1 heterocycles. The lowest BCUT2D eigenvalue weighted by Crippen LogP contribution is -2.07. The first-order chi connectivity index (χ1) is 9.40. The molecule has 1 aromatic carbocycles. The topological polar surface area (TPSA) is 55.1 Å². The molecular formula is C14H16F2N2O2. The van der Waals surface area contributed by atoms with E-state index in [9.17, 15) is 13.6 Å². The van der Waals surface area contributed by atoms with Gasteiger partial charge in [0.15, 0.2) is 11.6 Å². The Morgan fingerprint density at radius 1 is 1.35 bits per heavy atom. The normalized spacial score (nSPS) is 11.4. The highest BCUT2D eigenvalue weighted by Gasteiger charge is 2.16. The van der Waals surface area contributed by atoms with E-state index in [4.69, 9.17) is 5.11 Å². The SMILES string of the molecule is CC(C)c1nc2cc(F)c(F)cc2n1CCCC(=O)O. The van der Waals surface area contributed by atoms with Crippen LogP contribution in [0, 0.1) is 11.6 Å². The molecule has 0 bridgehead atoms. The fourth-order valence-electron chi connectivity index (χ4n) is 2.20. The number of carboxylic acid groups (broad SMARTS) is 1. The highest BCUT2D eigenvalue weighted by molar-refractivity contribution is 5.76. The number of imidazole rings is 1. The zero-order valence-corrected chi connectivity index (χ0v) is 11.4. The van der Waals surface area contributed by atoms with Gasteiger partial charge in [0.1, 0.15) is 5.82 Å². The van der Waals surface area contributed by atoms with Crippen molar-refractivity contribution in [2.45, 2.75) is 39.2 Å². The van der Waals surface area contributed by atoms with E-state index in [1.807, 2.05) is 13.8 Å². The van der Waals surface area contributed by atoms with E-state index in [0.717, 1.165) is 12.1 Å². The molecule has 6 heteroatoms. The molecule has 1 aromatic heterocycles. The molecule has 0 radical (unpaired) electrons. The molecule has 1 N–H and O–H groups in total. The minimum atomic E-state index is -0.928. The lowest BCUT2D eigenvalue weighted by Gasteiger charge is -2.10. The number of benzene rings is 1. The van der Waals surface area contributed by atoms with Crippen LogP contribution in [0.25, 0.3) is 11.0 Å². The molecule has 0 aliphatic rings. The van der Waals surface area contributed by atoms with Crippen molar-refractivity contribution in [2.75, 3.05) is 0 Å². The minimum Gasteiger partial charge on any atom is -0.481 e. The molecule has 2 aromatic rings. The summed E-state index contributed by atoms with van der Waals surface area (Å²) in [5.41, 5.74) is 0.890. The van der Waals surface area contributed by atoms with Crippen LogP contribution in [0.5, 0.6) is 0 Å². The number of nitrogens with zero attached hydrogens (tertiary/aromatic N) is 2. The predicted octanol–water partition coefficient (Wildman–Crippen LogP) is 3.30. The van der Waals surface area contributed by atoms with E-state index in [1.165, 1.54) is 0 Å². The van der Waals surface area contributed by atoms with E-state index >= 15 is 0 Å². The zero-order valence-electron chi connectivity index (χ0n) is 11.4. The number of carbonyl (C=O) groups is 1. The van der Waals surface area contributed by atoms with Gasteiger partial charge in [0, 0.05) is 31.0 Å². The Bertz CT molecular complexity index is 650. The average Bonchev–Trinajstić information content (AvgIpc) is 2.68. The summed E-state index contributed by atoms with van der Waals surface area (Å²) < 4.78 is 28.4. The zero-order chi connectivity index (χ0) is 14.9. The molecule has 2 rings (SSSR count). The van der Waals surface area contributed by atoms with Crippen molar-refractivity contribution in [1.29, 1.82) is 0 Å². The molecule has 0 unspecified atom stereocenters. The van der Waals surface area contributed by atoms with Crippen LogP contribution >= 0.6 is 0 Å². The molecule has 0 aliphatic carbocycles. The van der Waals surface area contributed by atoms with Crippen molar-refractivity contribution in [3.05, 3.63) is 29.6 Å². The number of carboxylic acids is 1.